The van der Waals surface area contributed by atoms with Gasteiger partial charge in [-0.15, -0.1) is 0 Å². The predicted octanol–water partition coefficient (Wildman–Crippen LogP) is 5.47. The van der Waals surface area contributed by atoms with Crippen molar-refractivity contribution < 1.29 is 14.5 Å². The van der Waals surface area contributed by atoms with Crippen molar-refractivity contribution in [1.82, 2.24) is 4.98 Å². The molecular formula is C23H16N2O4. The van der Waals surface area contributed by atoms with E-state index in [0.29, 0.717) is 16.8 Å². The summed E-state index contributed by atoms with van der Waals surface area (Å²) in [6, 6.07) is 20.3. The lowest BCUT2D eigenvalue weighted by molar-refractivity contribution is -0.385. The molecule has 0 fully saturated rings. The van der Waals surface area contributed by atoms with E-state index in [1.54, 1.807) is 36.5 Å². The van der Waals surface area contributed by atoms with E-state index < -0.39 is 4.92 Å². The van der Waals surface area contributed by atoms with Crippen LogP contribution >= 0.6 is 0 Å². The summed E-state index contributed by atoms with van der Waals surface area (Å²) in [4.78, 5) is 28.1. The lowest BCUT2D eigenvalue weighted by atomic mass is 10.0. The number of aromatic nitrogens is 1. The number of ketones is 1. The van der Waals surface area contributed by atoms with Crippen LogP contribution in [0.15, 0.2) is 79.0 Å². The fourth-order valence-corrected chi connectivity index (χ4v) is 3.04. The number of hydrogen-bond donors (Lipinski definition) is 0. The molecule has 142 valence electrons. The van der Waals surface area contributed by atoms with Gasteiger partial charge in [-0.05, 0) is 31.2 Å². The molecule has 0 aliphatic carbocycles. The Bertz CT molecular complexity index is 1230. The van der Waals surface area contributed by atoms with Crippen molar-refractivity contribution in [3.8, 4) is 11.5 Å². The Kier molecular flexibility index (Phi) is 4.75. The van der Waals surface area contributed by atoms with Gasteiger partial charge in [0.1, 0.15) is 5.52 Å². The van der Waals surface area contributed by atoms with Crippen LogP contribution in [0.5, 0.6) is 11.5 Å². The molecule has 29 heavy (non-hydrogen) atoms. The molecule has 6 nitrogen and oxygen atoms in total. The maximum absolute atomic E-state index is 12.7. The van der Waals surface area contributed by atoms with Crippen molar-refractivity contribution in [3.63, 3.8) is 0 Å². The van der Waals surface area contributed by atoms with Gasteiger partial charge in [-0.25, -0.2) is 0 Å². The first kappa shape index (κ1) is 18.3. The van der Waals surface area contributed by atoms with Crippen LogP contribution in [0.3, 0.4) is 0 Å². The minimum atomic E-state index is -0.556. The zero-order chi connectivity index (χ0) is 20.4. The minimum Gasteiger partial charge on any atom is -0.448 e. The quantitative estimate of drug-likeness (QED) is 0.259. The molecule has 6 heteroatoms. The smallest absolute Gasteiger partial charge is 0.312 e. The summed E-state index contributed by atoms with van der Waals surface area (Å²) >= 11 is 0. The molecule has 3 aromatic carbocycles. The van der Waals surface area contributed by atoms with Gasteiger partial charge in [0.25, 0.3) is 0 Å². The van der Waals surface area contributed by atoms with Crippen molar-refractivity contribution in [2.75, 3.05) is 0 Å². The molecule has 0 unspecified atom stereocenters. The van der Waals surface area contributed by atoms with Gasteiger partial charge in [-0.3, -0.25) is 19.9 Å². The fourth-order valence-electron chi connectivity index (χ4n) is 3.04. The average Bonchev–Trinajstić information content (AvgIpc) is 2.74. The molecule has 0 spiro atoms. The molecule has 0 radical (unpaired) electrons. The molecular weight excluding hydrogens is 368 g/mol. The number of fused-ring (bicyclic) bond motifs is 1. The van der Waals surface area contributed by atoms with Crippen LogP contribution in [0.4, 0.5) is 5.69 Å². The van der Waals surface area contributed by atoms with Gasteiger partial charge >= 0.3 is 5.69 Å². The van der Waals surface area contributed by atoms with Crippen LogP contribution < -0.4 is 4.74 Å². The first-order valence-electron chi connectivity index (χ1n) is 8.94. The lowest BCUT2D eigenvalue weighted by Gasteiger charge is -2.10. The van der Waals surface area contributed by atoms with Crippen molar-refractivity contribution in [1.29, 1.82) is 0 Å². The van der Waals surface area contributed by atoms with Gasteiger partial charge in [-0.2, -0.15) is 0 Å². The zero-order valence-corrected chi connectivity index (χ0v) is 15.5. The Morgan fingerprint density at radius 3 is 2.41 bits per heavy atom. The molecule has 4 aromatic rings. The van der Waals surface area contributed by atoms with Crippen molar-refractivity contribution >= 4 is 22.4 Å². The summed E-state index contributed by atoms with van der Waals surface area (Å²) in [5.41, 5.74) is 2.04. The SMILES string of the molecule is Cc1ccc(C(=O)c2ccc(Oc3cccc4cccnc34)c([N+](=O)[O-])c2)cc1. The number of rotatable bonds is 5. The number of pyridine rings is 1. The molecule has 0 amide bonds. The fraction of sp³-hybridized carbons (Fsp3) is 0.0435. The average molecular weight is 384 g/mol. The van der Waals surface area contributed by atoms with Crippen LogP contribution in [0.1, 0.15) is 21.5 Å². The second kappa shape index (κ2) is 7.52. The van der Waals surface area contributed by atoms with Gasteiger partial charge in [0.05, 0.1) is 4.92 Å². The van der Waals surface area contributed by atoms with E-state index in [0.717, 1.165) is 10.9 Å². The summed E-state index contributed by atoms with van der Waals surface area (Å²) in [5.74, 6) is 0.170. The summed E-state index contributed by atoms with van der Waals surface area (Å²) in [6.45, 7) is 1.92. The number of benzene rings is 3. The number of hydrogen-bond acceptors (Lipinski definition) is 5. The number of carbonyl (C=O) groups excluding carboxylic acids is 1. The van der Waals surface area contributed by atoms with Gasteiger partial charge in [0, 0.05) is 28.8 Å². The Hall–Kier alpha value is -4.06. The highest BCUT2D eigenvalue weighted by Gasteiger charge is 2.21. The van der Waals surface area contributed by atoms with Gasteiger partial charge in [0.2, 0.25) is 5.75 Å². The number of carbonyl (C=O) groups is 1. The largest absolute Gasteiger partial charge is 0.448 e. The Morgan fingerprint density at radius 1 is 0.931 bits per heavy atom. The van der Waals surface area contributed by atoms with Crippen LogP contribution in [-0.2, 0) is 0 Å². The molecule has 4 rings (SSSR count). The standard InChI is InChI=1S/C23H16N2O4/c1-15-7-9-17(10-8-15)23(26)18-11-12-20(19(14-18)25(27)28)29-21-6-2-4-16-5-3-13-24-22(16)21/h2-14H,1H3. The van der Waals surface area contributed by atoms with E-state index in [1.165, 1.54) is 18.2 Å². The molecule has 0 aliphatic heterocycles. The van der Waals surface area contributed by atoms with Crippen LogP contribution in [0, 0.1) is 17.0 Å². The highest BCUT2D eigenvalue weighted by atomic mass is 16.6. The molecule has 0 aliphatic rings. The Labute approximate surface area is 166 Å². The highest BCUT2D eigenvalue weighted by molar-refractivity contribution is 6.09. The molecule has 0 bridgehead atoms. The zero-order valence-electron chi connectivity index (χ0n) is 15.5. The number of nitrogens with zero attached hydrogens (tertiary/aromatic N) is 2. The first-order valence-corrected chi connectivity index (χ1v) is 8.94. The van der Waals surface area contributed by atoms with Crippen molar-refractivity contribution in [2.24, 2.45) is 0 Å². The van der Waals surface area contributed by atoms with Gasteiger partial charge < -0.3 is 4.74 Å². The minimum absolute atomic E-state index is 0.0496. The Morgan fingerprint density at radius 2 is 1.66 bits per heavy atom. The number of nitro groups is 1. The first-order chi connectivity index (χ1) is 14.0. The predicted molar refractivity (Wildman–Crippen MR) is 110 cm³/mol. The second-order valence-corrected chi connectivity index (χ2v) is 6.57. The number of aryl methyl sites for hydroxylation is 1. The normalized spacial score (nSPS) is 10.7. The van der Waals surface area contributed by atoms with E-state index in [-0.39, 0.29) is 22.8 Å². The summed E-state index contributed by atoms with van der Waals surface area (Å²) in [6.07, 6.45) is 1.63. The maximum atomic E-state index is 12.7. The third-order valence-electron chi connectivity index (χ3n) is 4.55. The topological polar surface area (TPSA) is 82.3 Å². The number of nitro benzene ring substituents is 1. The third-order valence-corrected chi connectivity index (χ3v) is 4.55. The number of ether oxygens (including phenoxy) is 1. The summed E-state index contributed by atoms with van der Waals surface area (Å²) < 4.78 is 5.82. The molecule has 1 aromatic heterocycles. The van der Waals surface area contributed by atoms with Crippen molar-refractivity contribution in [3.05, 3.63) is 106 Å². The van der Waals surface area contributed by atoms with Gasteiger partial charge in [0.15, 0.2) is 11.5 Å². The molecule has 0 atom stereocenters. The third kappa shape index (κ3) is 3.68. The van der Waals surface area contributed by atoms with E-state index in [9.17, 15) is 14.9 Å². The highest BCUT2D eigenvalue weighted by Crippen LogP contribution is 2.35. The molecule has 1 heterocycles. The van der Waals surface area contributed by atoms with Crippen LogP contribution in [-0.4, -0.2) is 15.7 Å². The van der Waals surface area contributed by atoms with Crippen molar-refractivity contribution in [2.45, 2.75) is 6.92 Å². The Balaban J connectivity index is 1.72. The number of para-hydroxylation sites is 1. The maximum Gasteiger partial charge on any atom is 0.312 e. The van der Waals surface area contributed by atoms with Crippen LogP contribution in [0.2, 0.25) is 0 Å². The van der Waals surface area contributed by atoms with Crippen LogP contribution in [0.25, 0.3) is 10.9 Å². The lowest BCUT2D eigenvalue weighted by Crippen LogP contribution is -2.03. The molecule has 0 N–H and O–H groups in total. The summed E-state index contributed by atoms with van der Waals surface area (Å²) in [5, 5.41) is 12.5. The van der Waals surface area contributed by atoms with E-state index >= 15 is 0 Å². The monoisotopic (exact) mass is 384 g/mol. The summed E-state index contributed by atoms with van der Waals surface area (Å²) in [7, 11) is 0. The molecule has 0 saturated heterocycles. The second-order valence-electron chi connectivity index (χ2n) is 6.57. The van der Waals surface area contributed by atoms with E-state index in [1.807, 2.05) is 31.2 Å². The van der Waals surface area contributed by atoms with E-state index in [2.05, 4.69) is 4.98 Å². The van der Waals surface area contributed by atoms with Gasteiger partial charge in [-0.1, -0.05) is 48.0 Å². The molecule has 0 saturated carbocycles. The van der Waals surface area contributed by atoms with E-state index in [4.69, 9.17) is 4.74 Å².